The molecule has 0 aliphatic carbocycles. The van der Waals surface area contributed by atoms with E-state index < -0.39 is 25.4 Å². The van der Waals surface area contributed by atoms with Gasteiger partial charge in [0.05, 0.1) is 24.3 Å². The summed E-state index contributed by atoms with van der Waals surface area (Å²) in [5, 5.41) is 4.12. The van der Waals surface area contributed by atoms with E-state index in [2.05, 4.69) is 58.3 Å². The van der Waals surface area contributed by atoms with Crippen LogP contribution in [-0.2, 0) is 18.4 Å². The number of alkyl halides is 5. The standard InChI is InChI=1S/C15H17NO2.C14H13F.C12H12O.C11H14O2.C10H11FO.C9H10BrF.C8H7Cl2FO/c1-11(2)17-13-5-7-14(8-6-13)18-15-9-4-12(3)10-16-15;15-14(13-9-5-2-6-10-13)11-12-7-3-1-4-8-12;1-2-13-12-8-7-10-5-3-4-6-11(10)9-12;1-3-9-13-11-7-5-10(6-8-11)12-4-2;1-2-7-12-10-5-3-9(8-11)4-6-10;1-7(11)9-4-2-8(6-10)3-5-9;1-5(11)12-8-3-2-6(9)4-7(8)10/h4-11H,1-3H3;1-10,14H,11H2;3-9H,2H2,1H3;3,5-8H,1,4,9H2,2H3;2-6H,1,7-8H2;2-5,7H,6H2,1H3;2-5H,1H3. The fourth-order valence-electron chi connectivity index (χ4n) is 7.92. The van der Waals surface area contributed by atoms with Crippen molar-refractivity contribution in [3.63, 3.8) is 0 Å². The molecule has 3 unspecified atom stereocenters. The van der Waals surface area contributed by atoms with E-state index in [9.17, 15) is 17.6 Å². The second kappa shape index (κ2) is 45.5. The molecule has 0 saturated carbocycles. The molecule has 3 atom stereocenters. The highest BCUT2D eigenvalue weighted by atomic mass is 79.9. The summed E-state index contributed by atoms with van der Waals surface area (Å²) in [4.78, 5) is 4.19. The Balaban J connectivity index is 0.000000235. The number of rotatable bonds is 22. The van der Waals surface area contributed by atoms with E-state index in [-0.39, 0.29) is 6.10 Å². The zero-order valence-corrected chi connectivity index (χ0v) is 57.4. The minimum Gasteiger partial charge on any atom is -0.494 e. The lowest BCUT2D eigenvalue weighted by atomic mass is 10.0. The molecular weight excluding hydrogens is 1300 g/mol. The van der Waals surface area contributed by atoms with Crippen molar-refractivity contribution in [3.8, 4) is 46.1 Å². The van der Waals surface area contributed by atoms with Gasteiger partial charge >= 0.3 is 0 Å². The molecule has 0 fully saturated rings. The summed E-state index contributed by atoms with van der Waals surface area (Å²) >= 11 is 14.6. The Morgan fingerprint density at radius 2 is 1.01 bits per heavy atom. The first-order valence-electron chi connectivity index (χ1n) is 30.6. The number of nitrogens with zero attached hydrogens (tertiary/aromatic N) is 1. The van der Waals surface area contributed by atoms with Gasteiger partial charge in [-0.2, -0.15) is 0 Å². The van der Waals surface area contributed by atoms with E-state index in [1.165, 1.54) is 35.4 Å². The predicted molar refractivity (Wildman–Crippen MR) is 383 cm³/mol. The third-order valence-electron chi connectivity index (χ3n) is 12.5. The highest BCUT2D eigenvalue weighted by Crippen LogP contribution is 2.29. The van der Waals surface area contributed by atoms with Gasteiger partial charge in [0.25, 0.3) is 0 Å². The summed E-state index contributed by atoms with van der Waals surface area (Å²) in [6, 6.07) is 71.4. The van der Waals surface area contributed by atoms with Gasteiger partial charge in [-0.1, -0.05) is 198 Å². The first kappa shape index (κ1) is 77.7. The van der Waals surface area contributed by atoms with Gasteiger partial charge in [0.2, 0.25) is 12.2 Å². The van der Waals surface area contributed by atoms with Crippen LogP contribution in [0.2, 0.25) is 10.0 Å². The van der Waals surface area contributed by atoms with Crippen LogP contribution in [0.5, 0.6) is 46.1 Å². The summed E-state index contributed by atoms with van der Waals surface area (Å²) < 4.78 is 88.1. The maximum absolute atomic E-state index is 13.8. The van der Waals surface area contributed by atoms with Gasteiger partial charge < -0.3 is 33.2 Å². The lowest BCUT2D eigenvalue weighted by Crippen LogP contribution is -2.05. The fourth-order valence-corrected chi connectivity index (χ4v) is 8.75. The van der Waals surface area contributed by atoms with Crippen LogP contribution in [0.3, 0.4) is 0 Å². The second-order valence-corrected chi connectivity index (χ2v) is 21.9. The lowest BCUT2D eigenvalue weighted by Gasteiger charge is -2.10. The molecule has 0 aliphatic rings. The number of halogens is 7. The van der Waals surface area contributed by atoms with Gasteiger partial charge in [-0.25, -0.2) is 22.5 Å². The number of aromatic nitrogens is 1. The lowest BCUT2D eigenvalue weighted by molar-refractivity contribution is 0.0861. The number of benzene rings is 9. The summed E-state index contributed by atoms with van der Waals surface area (Å²) in [5.74, 6) is 5.89. The first-order chi connectivity index (χ1) is 45.4. The molecular formula is C79H84BrCl2F4NO7. The molecule has 1 aromatic heterocycles. The van der Waals surface area contributed by atoms with E-state index in [0.717, 1.165) is 68.7 Å². The third-order valence-corrected chi connectivity index (χ3v) is 13.7. The first-order valence-corrected chi connectivity index (χ1v) is 32.4. The number of hydrogen-bond donors (Lipinski definition) is 0. The van der Waals surface area contributed by atoms with E-state index in [0.29, 0.717) is 53.5 Å². The Morgan fingerprint density at radius 3 is 1.52 bits per heavy atom. The van der Waals surface area contributed by atoms with Gasteiger partial charge in [0.15, 0.2) is 0 Å². The highest BCUT2D eigenvalue weighted by molar-refractivity contribution is 9.08. The van der Waals surface area contributed by atoms with Crippen molar-refractivity contribution in [1.29, 1.82) is 0 Å². The van der Waals surface area contributed by atoms with Crippen LogP contribution in [-0.4, -0.2) is 43.9 Å². The molecule has 0 spiro atoms. The van der Waals surface area contributed by atoms with Gasteiger partial charge in [0.1, 0.15) is 72.5 Å². The maximum Gasteiger partial charge on any atom is 0.235 e. The van der Waals surface area contributed by atoms with Crippen molar-refractivity contribution in [2.45, 2.75) is 91.7 Å². The monoisotopic (exact) mass is 1380 g/mol. The Bertz CT molecular complexity index is 3630. The second-order valence-electron chi connectivity index (χ2n) is 20.5. The quantitative estimate of drug-likeness (QED) is 0.0377. The normalized spacial score (nSPS) is 11.0. The van der Waals surface area contributed by atoms with Crippen LogP contribution in [0.15, 0.2) is 262 Å². The topological polar surface area (TPSA) is 77.5 Å². The summed E-state index contributed by atoms with van der Waals surface area (Å²) in [5.41, 5.74) is 5.49. The Kier molecular flexibility index (Phi) is 37.6. The molecule has 10 rings (SSSR count). The van der Waals surface area contributed by atoms with Crippen LogP contribution in [0, 0.1) is 6.92 Å². The number of hydrogen-bond acceptors (Lipinski definition) is 8. The molecule has 10 aromatic rings. The summed E-state index contributed by atoms with van der Waals surface area (Å²) in [6.07, 6.45) is 2.66. The molecule has 15 heteroatoms. The fraction of sp³-hybridized carbons (Fsp3) is 0.228. The minimum absolute atomic E-state index is 0.176. The average molecular weight is 1390 g/mol. The van der Waals surface area contributed by atoms with Crippen LogP contribution in [0.25, 0.3) is 10.8 Å². The van der Waals surface area contributed by atoms with Gasteiger partial charge in [-0.15, -0.1) is 0 Å². The molecule has 8 nitrogen and oxygen atoms in total. The van der Waals surface area contributed by atoms with Crippen LogP contribution in [0.1, 0.15) is 87.3 Å². The van der Waals surface area contributed by atoms with E-state index in [1.807, 2.05) is 198 Å². The van der Waals surface area contributed by atoms with Crippen LogP contribution >= 0.6 is 39.1 Å². The summed E-state index contributed by atoms with van der Waals surface area (Å²) in [7, 11) is 0. The van der Waals surface area contributed by atoms with Gasteiger partial charge in [-0.05, 0) is 177 Å². The smallest absolute Gasteiger partial charge is 0.235 e. The zero-order chi connectivity index (χ0) is 68.3. The number of ether oxygens (including phenoxy) is 7. The SMILES string of the molecule is C=CCOc1ccc(CF)cc1.C=CCOc1ccc(OCC)cc1.CC(F)Oc1ccc(Cl)cc1Cl.CC(F)c1ccc(CBr)cc1.CCOc1ccc2ccccc2c1.Cc1ccc(Oc2ccc(OC(C)C)cc2)nc1.FC(Cc1ccccc1)c1ccccc1. The Labute approximate surface area is 571 Å². The molecule has 9 aromatic carbocycles. The molecule has 94 heavy (non-hydrogen) atoms. The van der Waals surface area contributed by atoms with E-state index in [4.69, 9.17) is 56.4 Å². The molecule has 0 radical (unpaired) electrons. The maximum atomic E-state index is 13.8. The molecule has 496 valence electrons. The van der Waals surface area contributed by atoms with Crippen molar-refractivity contribution in [2.75, 3.05) is 26.4 Å². The number of fused-ring (bicyclic) bond motifs is 1. The van der Waals surface area contributed by atoms with Crippen molar-refractivity contribution in [1.82, 2.24) is 4.98 Å². The van der Waals surface area contributed by atoms with Gasteiger partial charge in [-0.3, -0.25) is 0 Å². The molecule has 0 bridgehead atoms. The van der Waals surface area contributed by atoms with Crippen molar-refractivity contribution < 1.29 is 50.7 Å². The number of aryl methyl sites for hydroxylation is 1. The highest BCUT2D eigenvalue weighted by Gasteiger charge is 2.10. The average Bonchev–Trinajstić information content (AvgIpc) is 1.78. The largest absolute Gasteiger partial charge is 0.494 e. The molecule has 0 saturated heterocycles. The molecule has 1 heterocycles. The minimum atomic E-state index is -1.37. The Morgan fingerprint density at radius 1 is 0.500 bits per heavy atom. The third kappa shape index (κ3) is 32.2. The van der Waals surface area contributed by atoms with Gasteiger partial charge in [0, 0.05) is 36.0 Å². The molecule has 0 aliphatic heterocycles. The Hall–Kier alpha value is -8.75. The van der Waals surface area contributed by atoms with Crippen LogP contribution < -0.4 is 33.2 Å². The van der Waals surface area contributed by atoms with Crippen molar-refractivity contribution >= 4 is 49.9 Å². The zero-order valence-electron chi connectivity index (χ0n) is 54.3. The van der Waals surface area contributed by atoms with Crippen molar-refractivity contribution in [3.05, 3.63) is 305 Å². The van der Waals surface area contributed by atoms with E-state index in [1.54, 1.807) is 55.6 Å². The van der Waals surface area contributed by atoms with Crippen LogP contribution in [0.4, 0.5) is 17.6 Å². The number of pyridine rings is 1. The molecule has 0 N–H and O–H groups in total. The van der Waals surface area contributed by atoms with Crippen molar-refractivity contribution in [2.24, 2.45) is 0 Å². The predicted octanol–water partition coefficient (Wildman–Crippen LogP) is 23.8. The summed E-state index contributed by atoms with van der Waals surface area (Å²) in [6.45, 7) is 21.9. The van der Waals surface area contributed by atoms with E-state index >= 15 is 0 Å². The molecule has 0 amide bonds.